The molecule has 0 saturated heterocycles. The van der Waals surface area contributed by atoms with Gasteiger partial charge in [0.15, 0.2) is 17.3 Å². The van der Waals surface area contributed by atoms with Gasteiger partial charge in [-0.2, -0.15) is 0 Å². The number of benzene rings is 3. The number of carbonyl (C=O) groups is 1. The molecule has 4 aromatic rings. The maximum Gasteiger partial charge on any atom is 0.336 e. The van der Waals surface area contributed by atoms with Crippen LogP contribution in [0.1, 0.15) is 11.1 Å². The van der Waals surface area contributed by atoms with Crippen molar-refractivity contribution in [2.24, 2.45) is 0 Å². The van der Waals surface area contributed by atoms with Crippen molar-refractivity contribution in [1.82, 2.24) is 0 Å². The molecule has 0 radical (unpaired) electrons. The number of rotatable bonds is 7. The Kier molecular flexibility index (Phi) is 6.87. The van der Waals surface area contributed by atoms with Crippen LogP contribution in [0.4, 0.5) is 0 Å². The summed E-state index contributed by atoms with van der Waals surface area (Å²) in [5, 5.41) is 0.328. The Balaban J connectivity index is 1.72. The van der Waals surface area contributed by atoms with Crippen molar-refractivity contribution in [3.8, 4) is 34.3 Å². The minimum absolute atomic E-state index is 0.155. The highest BCUT2D eigenvalue weighted by atomic mass is 16.5. The maximum atomic E-state index is 13.3. The Labute approximate surface area is 202 Å². The van der Waals surface area contributed by atoms with E-state index in [9.17, 15) is 9.59 Å². The predicted molar refractivity (Wildman–Crippen MR) is 133 cm³/mol. The van der Waals surface area contributed by atoms with E-state index in [0.29, 0.717) is 39.3 Å². The summed E-state index contributed by atoms with van der Waals surface area (Å²) in [7, 11) is 4.63. The molecular weight excluding hydrogens is 448 g/mol. The predicted octanol–water partition coefficient (Wildman–Crippen LogP) is 5.41. The first kappa shape index (κ1) is 23.6. The summed E-state index contributed by atoms with van der Waals surface area (Å²) in [6, 6.07) is 17.4. The summed E-state index contributed by atoms with van der Waals surface area (Å²) < 4.78 is 27.3. The fourth-order valence-corrected chi connectivity index (χ4v) is 3.57. The number of ether oxygens (including phenoxy) is 4. The molecule has 0 bridgehead atoms. The second-order valence-corrected chi connectivity index (χ2v) is 7.69. The Morgan fingerprint density at radius 1 is 0.857 bits per heavy atom. The highest BCUT2D eigenvalue weighted by Crippen LogP contribution is 2.32. The lowest BCUT2D eigenvalue weighted by atomic mass is 10.1. The van der Waals surface area contributed by atoms with Crippen molar-refractivity contribution in [1.29, 1.82) is 0 Å². The van der Waals surface area contributed by atoms with E-state index in [0.717, 1.165) is 5.56 Å². The van der Waals surface area contributed by atoms with Gasteiger partial charge in [0.1, 0.15) is 11.3 Å². The van der Waals surface area contributed by atoms with Crippen LogP contribution in [0, 0.1) is 6.92 Å². The first-order valence-corrected chi connectivity index (χ1v) is 10.8. The molecule has 178 valence electrons. The Morgan fingerprint density at radius 3 is 2.29 bits per heavy atom. The van der Waals surface area contributed by atoms with E-state index in [1.165, 1.54) is 13.2 Å². The third-order valence-electron chi connectivity index (χ3n) is 5.38. The second-order valence-electron chi connectivity index (χ2n) is 7.69. The third kappa shape index (κ3) is 5.04. The average Bonchev–Trinajstić information content (AvgIpc) is 2.89. The summed E-state index contributed by atoms with van der Waals surface area (Å²) in [6.07, 6.45) is 2.79. The summed E-state index contributed by atoms with van der Waals surface area (Å²) in [4.78, 5) is 26.1. The van der Waals surface area contributed by atoms with Gasteiger partial charge in [-0.3, -0.25) is 4.79 Å². The van der Waals surface area contributed by atoms with Gasteiger partial charge in [0.05, 0.1) is 26.7 Å². The molecule has 4 rings (SSSR count). The molecule has 0 aliphatic heterocycles. The van der Waals surface area contributed by atoms with Crippen molar-refractivity contribution in [3.05, 3.63) is 88.1 Å². The van der Waals surface area contributed by atoms with E-state index >= 15 is 0 Å². The van der Waals surface area contributed by atoms with Gasteiger partial charge in [-0.05, 0) is 67.1 Å². The summed E-state index contributed by atoms with van der Waals surface area (Å²) in [6.45, 7) is 1.87. The quantitative estimate of drug-likeness (QED) is 0.263. The summed E-state index contributed by atoms with van der Waals surface area (Å²) >= 11 is 0. The summed E-state index contributed by atoms with van der Waals surface area (Å²) in [5.41, 5.74) is 2.10. The van der Waals surface area contributed by atoms with Crippen LogP contribution < -0.4 is 24.4 Å². The van der Waals surface area contributed by atoms with Gasteiger partial charge in [0, 0.05) is 11.6 Å². The van der Waals surface area contributed by atoms with Gasteiger partial charge in [0.2, 0.25) is 11.2 Å². The number of fused-ring (bicyclic) bond motifs is 1. The molecule has 0 saturated carbocycles. The summed E-state index contributed by atoms with van der Waals surface area (Å²) in [5.74, 6) is 0.977. The molecule has 7 heteroatoms. The molecule has 0 atom stereocenters. The van der Waals surface area contributed by atoms with Crippen LogP contribution in [0.2, 0.25) is 0 Å². The fourth-order valence-electron chi connectivity index (χ4n) is 3.57. The fraction of sp³-hybridized carbons (Fsp3) is 0.143. The van der Waals surface area contributed by atoms with Crippen molar-refractivity contribution in [2.75, 3.05) is 21.3 Å². The first-order chi connectivity index (χ1) is 16.9. The van der Waals surface area contributed by atoms with Crippen LogP contribution in [0.15, 0.2) is 76.0 Å². The van der Waals surface area contributed by atoms with Crippen LogP contribution in [-0.4, -0.2) is 27.3 Å². The van der Waals surface area contributed by atoms with E-state index in [1.807, 2.05) is 13.0 Å². The highest BCUT2D eigenvalue weighted by molar-refractivity contribution is 5.91. The monoisotopic (exact) mass is 472 g/mol. The minimum Gasteiger partial charge on any atom is -0.497 e. The lowest BCUT2D eigenvalue weighted by Crippen LogP contribution is -2.14. The van der Waals surface area contributed by atoms with Crippen molar-refractivity contribution < 1.29 is 28.2 Å². The molecule has 35 heavy (non-hydrogen) atoms. The van der Waals surface area contributed by atoms with Crippen molar-refractivity contribution in [3.63, 3.8) is 0 Å². The molecule has 7 nitrogen and oxygen atoms in total. The van der Waals surface area contributed by atoms with Gasteiger partial charge >= 0.3 is 5.97 Å². The number of esters is 1. The average molecular weight is 472 g/mol. The van der Waals surface area contributed by atoms with E-state index in [1.54, 1.807) is 74.9 Å². The SMILES string of the molecule is COc1ccc(-c2oc3ccc(C)cc3c(=O)c2OC(=O)C=Cc2ccc(OC)c(OC)c2)cc1. The molecule has 0 N–H and O–H groups in total. The van der Waals surface area contributed by atoms with Crippen molar-refractivity contribution >= 4 is 23.0 Å². The zero-order valence-electron chi connectivity index (χ0n) is 19.8. The number of aryl methyl sites for hydroxylation is 1. The second kappa shape index (κ2) is 10.2. The van der Waals surface area contributed by atoms with E-state index in [2.05, 4.69) is 0 Å². The van der Waals surface area contributed by atoms with Crippen molar-refractivity contribution in [2.45, 2.75) is 6.92 Å². The molecule has 1 aromatic heterocycles. The van der Waals surface area contributed by atoms with Crippen LogP contribution in [-0.2, 0) is 4.79 Å². The van der Waals surface area contributed by atoms with E-state index < -0.39 is 11.4 Å². The Hall–Kier alpha value is -4.52. The molecule has 1 heterocycles. The highest BCUT2D eigenvalue weighted by Gasteiger charge is 2.20. The smallest absolute Gasteiger partial charge is 0.336 e. The van der Waals surface area contributed by atoms with Crippen LogP contribution in [0.3, 0.4) is 0 Å². The largest absolute Gasteiger partial charge is 0.497 e. The van der Waals surface area contributed by atoms with Gasteiger partial charge in [-0.15, -0.1) is 0 Å². The number of carbonyl (C=O) groups excluding carboxylic acids is 1. The standard InChI is InChI=1S/C28H24O7/c1-17-5-12-22-21(15-17)26(30)28(27(34-22)19-8-10-20(31-2)11-9-19)35-25(29)14-7-18-6-13-23(32-3)24(16-18)33-4/h5-16H,1-4H3. The van der Waals surface area contributed by atoms with Gasteiger partial charge < -0.3 is 23.4 Å². The number of methoxy groups -OCH3 is 3. The third-order valence-corrected chi connectivity index (χ3v) is 5.38. The number of hydrogen-bond donors (Lipinski definition) is 0. The van der Waals surface area contributed by atoms with Crippen LogP contribution >= 0.6 is 0 Å². The molecular formula is C28H24O7. The lowest BCUT2D eigenvalue weighted by Gasteiger charge is -2.11. The zero-order valence-corrected chi connectivity index (χ0v) is 19.8. The maximum absolute atomic E-state index is 13.3. The minimum atomic E-state index is -0.728. The zero-order chi connectivity index (χ0) is 24.9. The molecule has 0 fully saturated rings. The Bertz CT molecular complexity index is 1460. The normalized spacial score (nSPS) is 11.0. The lowest BCUT2D eigenvalue weighted by molar-refractivity contribution is -0.129. The number of hydrogen-bond acceptors (Lipinski definition) is 7. The molecule has 0 aliphatic carbocycles. The van der Waals surface area contributed by atoms with Crippen LogP contribution in [0.5, 0.6) is 23.0 Å². The molecule has 3 aromatic carbocycles. The Morgan fingerprint density at radius 2 is 1.60 bits per heavy atom. The molecule has 0 aliphatic rings. The first-order valence-electron chi connectivity index (χ1n) is 10.8. The molecule has 0 amide bonds. The topological polar surface area (TPSA) is 84.2 Å². The molecule has 0 unspecified atom stereocenters. The van der Waals surface area contributed by atoms with E-state index in [4.69, 9.17) is 23.4 Å². The van der Waals surface area contributed by atoms with Gasteiger partial charge in [-0.1, -0.05) is 17.7 Å². The van der Waals surface area contributed by atoms with E-state index in [-0.39, 0.29) is 11.5 Å². The molecule has 0 spiro atoms. The van der Waals surface area contributed by atoms with Gasteiger partial charge in [0.25, 0.3) is 0 Å². The van der Waals surface area contributed by atoms with Gasteiger partial charge in [-0.25, -0.2) is 4.79 Å². The van der Waals surface area contributed by atoms with Crippen LogP contribution in [0.25, 0.3) is 28.4 Å².